The summed E-state index contributed by atoms with van der Waals surface area (Å²) >= 11 is 1.60. The highest BCUT2D eigenvalue weighted by Gasteiger charge is 2.17. The van der Waals surface area contributed by atoms with Gasteiger partial charge in [0.2, 0.25) is 0 Å². The van der Waals surface area contributed by atoms with Gasteiger partial charge in [-0.3, -0.25) is 0 Å². The Morgan fingerprint density at radius 3 is 3.00 bits per heavy atom. The van der Waals surface area contributed by atoms with Gasteiger partial charge < -0.3 is 10.8 Å². The molecule has 4 nitrogen and oxygen atoms in total. The first-order chi connectivity index (χ1) is 6.64. The average molecular weight is 213 g/mol. The summed E-state index contributed by atoms with van der Waals surface area (Å²) in [5.74, 6) is 0.807. The number of thioether (sulfide) groups is 1. The molecule has 1 aromatic heterocycles. The van der Waals surface area contributed by atoms with E-state index in [2.05, 4.69) is 9.97 Å². The van der Waals surface area contributed by atoms with Gasteiger partial charge in [0.05, 0.1) is 10.6 Å². The molecule has 0 amide bonds. The van der Waals surface area contributed by atoms with Gasteiger partial charge in [-0.05, 0) is 19.4 Å². The lowest BCUT2D eigenvalue weighted by Gasteiger charge is -2.19. The van der Waals surface area contributed by atoms with Gasteiger partial charge in [0.15, 0.2) is 0 Å². The summed E-state index contributed by atoms with van der Waals surface area (Å²) in [7, 11) is 0. The molecule has 1 atom stereocenters. The fourth-order valence-corrected chi connectivity index (χ4v) is 1.87. The van der Waals surface area contributed by atoms with Crippen molar-refractivity contribution in [3.8, 4) is 0 Å². The highest BCUT2D eigenvalue weighted by atomic mass is 32.2. The zero-order valence-electron chi connectivity index (χ0n) is 8.18. The number of aliphatic hydroxyl groups is 1. The van der Waals surface area contributed by atoms with Gasteiger partial charge in [0, 0.05) is 18.5 Å². The molecule has 0 aliphatic carbocycles. The minimum Gasteiger partial charge on any atom is -0.389 e. The van der Waals surface area contributed by atoms with E-state index in [1.54, 1.807) is 24.9 Å². The highest BCUT2D eigenvalue weighted by Crippen LogP contribution is 2.18. The zero-order chi connectivity index (χ0) is 10.4. The van der Waals surface area contributed by atoms with E-state index in [0.29, 0.717) is 6.42 Å². The maximum absolute atomic E-state index is 9.63. The number of nitrogens with two attached hydrogens (primary N) is 1. The van der Waals surface area contributed by atoms with E-state index >= 15 is 0 Å². The summed E-state index contributed by atoms with van der Waals surface area (Å²) in [5, 5.41) is 10.6. The molecule has 0 spiro atoms. The van der Waals surface area contributed by atoms with Crippen molar-refractivity contribution in [1.29, 1.82) is 0 Å². The first-order valence-corrected chi connectivity index (χ1v) is 5.44. The molecule has 0 fully saturated rings. The summed E-state index contributed by atoms with van der Waals surface area (Å²) in [5.41, 5.74) is 4.64. The Hall–Kier alpha value is -0.650. The van der Waals surface area contributed by atoms with E-state index in [9.17, 15) is 5.11 Å². The normalized spacial score (nSPS) is 15.1. The van der Waals surface area contributed by atoms with E-state index in [-0.39, 0.29) is 6.54 Å². The predicted octanol–water partition coefficient (Wildman–Crippen LogP) is 0.668. The molecule has 1 unspecified atom stereocenters. The highest BCUT2D eigenvalue weighted by molar-refractivity contribution is 7.99. The zero-order valence-corrected chi connectivity index (χ0v) is 9.00. The minimum absolute atomic E-state index is 0.289. The molecule has 1 heterocycles. The lowest BCUT2D eigenvalue weighted by molar-refractivity contribution is 0.0665. The van der Waals surface area contributed by atoms with Crippen LogP contribution in [-0.2, 0) is 0 Å². The van der Waals surface area contributed by atoms with Gasteiger partial charge in [-0.15, -0.1) is 11.8 Å². The quantitative estimate of drug-likeness (QED) is 0.555. The maximum atomic E-state index is 9.63. The van der Waals surface area contributed by atoms with Crippen LogP contribution < -0.4 is 5.73 Å². The smallest absolute Gasteiger partial charge is 0.116 e. The van der Waals surface area contributed by atoms with Crippen molar-refractivity contribution >= 4 is 11.8 Å². The number of nitrogens with zero attached hydrogens (tertiary/aromatic N) is 2. The lowest BCUT2D eigenvalue weighted by atomic mass is 10.1. The van der Waals surface area contributed by atoms with E-state index in [1.165, 1.54) is 6.33 Å². The van der Waals surface area contributed by atoms with Crippen LogP contribution in [0.15, 0.2) is 23.6 Å². The van der Waals surface area contributed by atoms with Crippen LogP contribution in [0.25, 0.3) is 0 Å². The Balaban J connectivity index is 2.29. The predicted molar refractivity (Wildman–Crippen MR) is 57.1 cm³/mol. The fraction of sp³-hybridized carbons (Fsp3) is 0.556. The lowest BCUT2D eigenvalue weighted by Crippen LogP contribution is -2.34. The molecule has 78 valence electrons. The summed E-state index contributed by atoms with van der Waals surface area (Å²) in [4.78, 5) is 7.89. The number of aromatic nitrogens is 2. The van der Waals surface area contributed by atoms with Crippen LogP contribution in [0.5, 0.6) is 0 Å². The summed E-state index contributed by atoms with van der Waals surface area (Å²) < 4.78 is 0. The Labute approximate surface area is 88.0 Å². The third kappa shape index (κ3) is 4.04. The Kier molecular flexibility index (Phi) is 4.31. The Bertz CT molecular complexity index is 266. The summed E-state index contributed by atoms with van der Waals surface area (Å²) in [6, 6.07) is 1.85. The molecule has 3 N–H and O–H groups in total. The molecule has 0 bridgehead atoms. The Morgan fingerprint density at radius 2 is 2.43 bits per heavy atom. The molecular formula is C9H15N3OS. The third-order valence-corrected chi connectivity index (χ3v) is 2.83. The van der Waals surface area contributed by atoms with Crippen LogP contribution in [0.3, 0.4) is 0 Å². The van der Waals surface area contributed by atoms with Crippen molar-refractivity contribution in [2.75, 3.05) is 12.3 Å². The molecule has 14 heavy (non-hydrogen) atoms. The largest absolute Gasteiger partial charge is 0.389 e. The number of hydrogen-bond acceptors (Lipinski definition) is 5. The molecule has 1 aromatic rings. The van der Waals surface area contributed by atoms with Gasteiger partial charge in [-0.25, -0.2) is 9.97 Å². The minimum atomic E-state index is -0.764. The molecule has 0 saturated heterocycles. The topological polar surface area (TPSA) is 72.0 Å². The molecule has 5 heteroatoms. The van der Waals surface area contributed by atoms with Gasteiger partial charge in [0.1, 0.15) is 6.33 Å². The van der Waals surface area contributed by atoms with Crippen LogP contribution in [0.4, 0.5) is 0 Å². The molecular weight excluding hydrogens is 198 g/mol. The number of rotatable bonds is 5. The van der Waals surface area contributed by atoms with Crippen LogP contribution in [-0.4, -0.2) is 33.0 Å². The van der Waals surface area contributed by atoms with E-state index in [0.717, 1.165) is 10.8 Å². The van der Waals surface area contributed by atoms with Crippen molar-refractivity contribution in [2.45, 2.75) is 24.0 Å². The maximum Gasteiger partial charge on any atom is 0.116 e. The summed E-state index contributed by atoms with van der Waals surface area (Å²) in [6.07, 6.45) is 3.89. The number of hydrogen-bond donors (Lipinski definition) is 2. The second-order valence-electron chi connectivity index (χ2n) is 3.35. The molecule has 0 aliphatic rings. The van der Waals surface area contributed by atoms with Crippen LogP contribution >= 0.6 is 11.8 Å². The van der Waals surface area contributed by atoms with Crippen LogP contribution in [0.1, 0.15) is 13.3 Å². The first kappa shape index (κ1) is 11.4. The van der Waals surface area contributed by atoms with Gasteiger partial charge in [-0.1, -0.05) is 0 Å². The average Bonchev–Trinajstić information content (AvgIpc) is 2.19. The molecule has 0 aromatic carbocycles. The Morgan fingerprint density at radius 1 is 1.64 bits per heavy atom. The second-order valence-corrected chi connectivity index (χ2v) is 4.46. The molecule has 0 saturated carbocycles. The monoisotopic (exact) mass is 213 g/mol. The standard InChI is InChI=1S/C9H15N3OS/c1-9(13,6-10)3-5-14-8-2-4-11-7-12-8/h2,4,7,13H,3,5-6,10H2,1H3. The summed E-state index contributed by atoms with van der Waals surface area (Å²) in [6.45, 7) is 2.03. The van der Waals surface area contributed by atoms with Crippen molar-refractivity contribution in [2.24, 2.45) is 5.73 Å². The van der Waals surface area contributed by atoms with Crippen LogP contribution in [0.2, 0.25) is 0 Å². The van der Waals surface area contributed by atoms with Crippen molar-refractivity contribution in [3.63, 3.8) is 0 Å². The van der Waals surface area contributed by atoms with Crippen molar-refractivity contribution < 1.29 is 5.11 Å². The molecule has 0 radical (unpaired) electrons. The van der Waals surface area contributed by atoms with E-state index in [1.807, 2.05) is 6.07 Å². The van der Waals surface area contributed by atoms with Gasteiger partial charge in [-0.2, -0.15) is 0 Å². The van der Waals surface area contributed by atoms with E-state index < -0.39 is 5.60 Å². The third-order valence-electron chi connectivity index (χ3n) is 1.89. The fourth-order valence-electron chi connectivity index (χ4n) is 0.841. The molecule has 1 rings (SSSR count). The first-order valence-electron chi connectivity index (χ1n) is 4.45. The van der Waals surface area contributed by atoms with Crippen molar-refractivity contribution in [1.82, 2.24) is 9.97 Å². The second kappa shape index (κ2) is 5.29. The van der Waals surface area contributed by atoms with Crippen LogP contribution in [0, 0.1) is 0 Å². The SMILES string of the molecule is CC(O)(CN)CCSc1ccncn1. The molecule has 0 aliphatic heterocycles. The van der Waals surface area contributed by atoms with Crippen molar-refractivity contribution in [3.05, 3.63) is 18.6 Å². The van der Waals surface area contributed by atoms with Gasteiger partial charge >= 0.3 is 0 Å². The van der Waals surface area contributed by atoms with Gasteiger partial charge in [0.25, 0.3) is 0 Å². The van der Waals surface area contributed by atoms with E-state index in [4.69, 9.17) is 5.73 Å².